The fourth-order valence-electron chi connectivity index (χ4n) is 6.86. The molecule has 0 fully saturated rings. The second-order valence-corrected chi connectivity index (χ2v) is 18.9. The van der Waals surface area contributed by atoms with Gasteiger partial charge in [0.25, 0.3) is 0 Å². The Kier molecular flexibility index (Phi) is 27.5. The first-order chi connectivity index (χ1) is 30.1. The second-order valence-electron chi connectivity index (χ2n) is 18.9. The number of ether oxygens (including phenoxy) is 3. The van der Waals surface area contributed by atoms with E-state index in [-0.39, 0.29) is 18.9 Å². The summed E-state index contributed by atoms with van der Waals surface area (Å²) in [7, 11) is 0. The van der Waals surface area contributed by atoms with Gasteiger partial charge in [-0.05, 0) is 70.3 Å². The van der Waals surface area contributed by atoms with Crippen molar-refractivity contribution in [3.05, 3.63) is 35.9 Å². The quantitative estimate of drug-likeness (QED) is 0.0299. The van der Waals surface area contributed by atoms with Crippen molar-refractivity contribution < 1.29 is 47.8 Å². The second kappa shape index (κ2) is 30.6. The van der Waals surface area contributed by atoms with Crippen LogP contribution in [0.25, 0.3) is 0 Å². The molecule has 0 aliphatic heterocycles. The van der Waals surface area contributed by atoms with Crippen molar-refractivity contribution in [2.45, 2.75) is 215 Å². The maximum absolute atomic E-state index is 13.9. The lowest BCUT2D eigenvalue weighted by Crippen LogP contribution is -2.59. The van der Waals surface area contributed by atoms with Gasteiger partial charge in [0.2, 0.25) is 23.6 Å². The summed E-state index contributed by atoms with van der Waals surface area (Å²) in [6.07, 6.45) is 9.65. The van der Waals surface area contributed by atoms with E-state index in [1.54, 1.807) is 41.5 Å². The van der Waals surface area contributed by atoms with E-state index in [9.17, 15) is 33.6 Å². The number of esters is 3. The molecule has 0 heterocycles. The van der Waals surface area contributed by atoms with Crippen molar-refractivity contribution in [3.8, 4) is 0 Å². The Bertz CT molecular complexity index is 1580. The normalized spacial score (nSPS) is 14.8. The van der Waals surface area contributed by atoms with Gasteiger partial charge >= 0.3 is 17.9 Å². The van der Waals surface area contributed by atoms with Crippen molar-refractivity contribution in [3.63, 3.8) is 0 Å². The monoisotopic (exact) mass is 902 g/mol. The first-order valence-electron chi connectivity index (χ1n) is 23.7. The molecule has 0 aliphatic carbocycles. The highest BCUT2D eigenvalue weighted by Gasteiger charge is 2.35. The standard InChI is InChI=1S/C49H83N5O10/c1-12-14-15-16-17-18-19-20-24-27-37(29-40(55)62-31-36-25-22-21-23-26-36)63-48(61)43(34(7)13-2)54-44(57)35(8)51-46(59)39(30-41(56)64-49(9,10)11)52-47(60)42(33(5)6)53-45(58)38(50)28-32(3)4/h21-23,25-26,32-35,37-39,42-43H,12-20,24,27-31,50H2,1-11H3,(H,51,59)(H,52,60)(H,53,58)(H,54,57)/t34-,35+,37?,38+,39-,42-,43-/m0/s1. The van der Waals surface area contributed by atoms with Gasteiger partial charge in [-0.25, -0.2) is 4.79 Å². The third-order valence-electron chi connectivity index (χ3n) is 10.8. The summed E-state index contributed by atoms with van der Waals surface area (Å²) in [5.41, 5.74) is 6.00. The number of hydrogen-bond donors (Lipinski definition) is 5. The molecule has 7 atom stereocenters. The number of carbonyl (C=O) groups is 7. The Morgan fingerprint density at radius 2 is 1.23 bits per heavy atom. The van der Waals surface area contributed by atoms with Gasteiger partial charge in [-0.1, -0.05) is 137 Å². The third-order valence-corrected chi connectivity index (χ3v) is 10.8. The predicted molar refractivity (Wildman–Crippen MR) is 248 cm³/mol. The van der Waals surface area contributed by atoms with Gasteiger partial charge in [0, 0.05) is 0 Å². The van der Waals surface area contributed by atoms with Crippen LogP contribution in [0.3, 0.4) is 0 Å². The minimum atomic E-state index is -1.50. The van der Waals surface area contributed by atoms with Crippen molar-refractivity contribution in [1.29, 1.82) is 0 Å². The number of amides is 4. The van der Waals surface area contributed by atoms with Gasteiger partial charge < -0.3 is 41.2 Å². The molecular weight excluding hydrogens is 819 g/mol. The van der Waals surface area contributed by atoms with Crippen LogP contribution in [0.5, 0.6) is 0 Å². The highest BCUT2D eigenvalue weighted by molar-refractivity contribution is 5.97. The van der Waals surface area contributed by atoms with E-state index >= 15 is 0 Å². The fourth-order valence-corrected chi connectivity index (χ4v) is 6.86. The van der Waals surface area contributed by atoms with E-state index in [2.05, 4.69) is 28.2 Å². The molecule has 6 N–H and O–H groups in total. The molecule has 0 bridgehead atoms. The number of unbranched alkanes of at least 4 members (excludes halogenated alkanes) is 8. The Labute approximate surface area is 383 Å². The first kappa shape index (κ1) is 57.5. The zero-order chi connectivity index (χ0) is 48.4. The fraction of sp³-hybridized carbons (Fsp3) is 0.735. The Morgan fingerprint density at radius 3 is 1.78 bits per heavy atom. The highest BCUT2D eigenvalue weighted by Crippen LogP contribution is 2.19. The van der Waals surface area contributed by atoms with E-state index in [1.807, 2.05) is 51.1 Å². The maximum atomic E-state index is 13.9. The molecule has 1 unspecified atom stereocenters. The van der Waals surface area contributed by atoms with Gasteiger partial charge in [-0.15, -0.1) is 0 Å². The summed E-state index contributed by atoms with van der Waals surface area (Å²) in [4.78, 5) is 94.0. The van der Waals surface area contributed by atoms with Crippen LogP contribution in [-0.4, -0.2) is 83.5 Å². The van der Waals surface area contributed by atoms with Crippen LogP contribution in [0.1, 0.15) is 172 Å². The molecule has 0 saturated carbocycles. The summed E-state index contributed by atoms with van der Waals surface area (Å²) in [6, 6.07) is 3.44. The lowest BCUT2D eigenvalue weighted by molar-refractivity contribution is -0.160. The van der Waals surface area contributed by atoms with Gasteiger partial charge in [-0.3, -0.25) is 28.8 Å². The zero-order valence-electron chi connectivity index (χ0n) is 40.8. The number of nitrogens with two attached hydrogens (primary N) is 1. The van der Waals surface area contributed by atoms with Crippen LogP contribution in [0.2, 0.25) is 0 Å². The number of carbonyl (C=O) groups excluding carboxylic acids is 7. The Morgan fingerprint density at radius 1 is 0.656 bits per heavy atom. The molecule has 15 nitrogen and oxygen atoms in total. The summed E-state index contributed by atoms with van der Waals surface area (Å²) in [5, 5.41) is 10.5. The van der Waals surface area contributed by atoms with Crippen LogP contribution in [-0.2, 0) is 54.4 Å². The van der Waals surface area contributed by atoms with Crippen LogP contribution in [0.4, 0.5) is 0 Å². The number of benzene rings is 1. The minimum Gasteiger partial charge on any atom is -0.461 e. The zero-order valence-corrected chi connectivity index (χ0v) is 40.8. The predicted octanol–water partition coefficient (Wildman–Crippen LogP) is 6.72. The lowest BCUT2D eigenvalue weighted by Gasteiger charge is -2.28. The summed E-state index contributed by atoms with van der Waals surface area (Å²) in [6.45, 7) is 19.6. The van der Waals surface area contributed by atoms with Crippen molar-refractivity contribution in [2.24, 2.45) is 23.5 Å². The van der Waals surface area contributed by atoms with Gasteiger partial charge in [0.05, 0.1) is 18.9 Å². The van der Waals surface area contributed by atoms with Crippen LogP contribution < -0.4 is 27.0 Å². The third kappa shape index (κ3) is 24.5. The molecule has 0 saturated heterocycles. The van der Waals surface area contributed by atoms with Crippen LogP contribution in [0, 0.1) is 17.8 Å². The Balaban J connectivity index is 3.18. The number of hydrogen-bond acceptors (Lipinski definition) is 11. The van der Waals surface area contributed by atoms with Gasteiger partial charge in [-0.2, -0.15) is 0 Å². The molecule has 1 aromatic carbocycles. The van der Waals surface area contributed by atoms with E-state index in [4.69, 9.17) is 19.9 Å². The SMILES string of the molecule is CCCCCCCCCCCC(CC(=O)OCc1ccccc1)OC(=O)[C@@H](NC(=O)[C@@H](C)NC(=O)[C@H](CC(=O)OC(C)(C)C)NC(=O)[C@@H](NC(=O)[C@H](N)CC(C)C)C(C)C)[C@@H](C)CC. The minimum absolute atomic E-state index is 0.0812. The first-order valence-corrected chi connectivity index (χ1v) is 23.7. The average molecular weight is 902 g/mol. The molecule has 1 aromatic rings. The molecule has 0 radical (unpaired) electrons. The van der Waals surface area contributed by atoms with Gasteiger partial charge in [0.1, 0.15) is 42.5 Å². The van der Waals surface area contributed by atoms with E-state index in [1.165, 1.54) is 39.0 Å². The van der Waals surface area contributed by atoms with Crippen molar-refractivity contribution in [1.82, 2.24) is 21.3 Å². The molecule has 64 heavy (non-hydrogen) atoms. The lowest BCUT2D eigenvalue weighted by atomic mass is 9.98. The van der Waals surface area contributed by atoms with E-state index in [0.717, 1.165) is 31.2 Å². The van der Waals surface area contributed by atoms with Crippen molar-refractivity contribution in [2.75, 3.05) is 0 Å². The molecule has 1 rings (SSSR count). The smallest absolute Gasteiger partial charge is 0.329 e. The molecule has 0 spiro atoms. The summed E-state index contributed by atoms with van der Waals surface area (Å²) >= 11 is 0. The van der Waals surface area contributed by atoms with Crippen molar-refractivity contribution >= 4 is 41.5 Å². The highest BCUT2D eigenvalue weighted by atomic mass is 16.6. The average Bonchev–Trinajstić information content (AvgIpc) is 3.21. The molecule has 4 amide bonds. The summed E-state index contributed by atoms with van der Waals surface area (Å²) in [5.74, 6) is -5.56. The van der Waals surface area contributed by atoms with Gasteiger partial charge in [0.15, 0.2) is 0 Å². The number of rotatable bonds is 31. The van der Waals surface area contributed by atoms with Crippen LogP contribution in [0.15, 0.2) is 30.3 Å². The van der Waals surface area contributed by atoms with Crippen LogP contribution >= 0.6 is 0 Å². The topological polar surface area (TPSA) is 221 Å². The van der Waals surface area contributed by atoms with E-state index < -0.39 is 102 Å². The molecule has 0 aliphatic rings. The molecular formula is C49H83N5O10. The molecule has 15 heteroatoms. The largest absolute Gasteiger partial charge is 0.461 e. The number of nitrogens with one attached hydrogen (secondary N) is 4. The Hall–Kier alpha value is -4.53. The molecule has 0 aromatic heterocycles. The van der Waals surface area contributed by atoms with E-state index in [0.29, 0.717) is 19.3 Å². The summed E-state index contributed by atoms with van der Waals surface area (Å²) < 4.78 is 17.0. The molecule has 364 valence electrons. The maximum Gasteiger partial charge on any atom is 0.329 e.